The third-order valence-electron chi connectivity index (χ3n) is 6.24. The van der Waals surface area contributed by atoms with E-state index >= 15 is 0 Å². The molecule has 0 aliphatic carbocycles. The molecule has 0 unspecified atom stereocenters. The van der Waals surface area contributed by atoms with Crippen molar-refractivity contribution in [1.29, 1.82) is 5.26 Å². The van der Waals surface area contributed by atoms with E-state index in [4.69, 9.17) is 5.10 Å². The number of nitrogens with one attached hydrogen (secondary N) is 3. The second-order valence-corrected chi connectivity index (χ2v) is 9.91. The fraction of sp³-hybridized carbons (Fsp3) is 0.172. The van der Waals surface area contributed by atoms with Crippen molar-refractivity contribution in [2.75, 3.05) is 10.6 Å². The van der Waals surface area contributed by atoms with Crippen LogP contribution in [0, 0.1) is 11.3 Å². The summed E-state index contributed by atoms with van der Waals surface area (Å²) in [6, 6.07) is 23.8. The lowest BCUT2D eigenvalue weighted by Crippen LogP contribution is -2.21. The molecule has 5 rings (SSSR count). The Labute approximate surface area is 214 Å². The number of rotatable bonds is 4. The Kier molecular flexibility index (Phi) is 5.98. The number of anilines is 2. The predicted octanol–water partition coefficient (Wildman–Crippen LogP) is 5.60. The highest BCUT2D eigenvalue weighted by molar-refractivity contribution is 6.01. The summed E-state index contributed by atoms with van der Waals surface area (Å²) >= 11 is 0. The van der Waals surface area contributed by atoms with Gasteiger partial charge < -0.3 is 10.6 Å². The number of urea groups is 1. The zero-order valence-corrected chi connectivity index (χ0v) is 20.8. The molecular formula is C29H26N6O2. The van der Waals surface area contributed by atoms with Crippen molar-refractivity contribution in [1.82, 2.24) is 15.1 Å². The molecule has 8 heteroatoms. The van der Waals surface area contributed by atoms with Gasteiger partial charge in [0.15, 0.2) is 0 Å². The van der Waals surface area contributed by atoms with Gasteiger partial charge in [-0.2, -0.15) is 10.4 Å². The molecule has 0 spiro atoms. The van der Waals surface area contributed by atoms with Gasteiger partial charge in [0.1, 0.15) is 5.82 Å². The molecule has 8 nitrogen and oxygen atoms in total. The number of aromatic nitrogens is 2. The number of nitrogens with zero attached hydrogens (tertiary/aromatic N) is 3. The van der Waals surface area contributed by atoms with Crippen molar-refractivity contribution >= 4 is 23.4 Å². The van der Waals surface area contributed by atoms with E-state index in [-0.39, 0.29) is 11.3 Å². The predicted molar refractivity (Wildman–Crippen MR) is 143 cm³/mol. The quantitative estimate of drug-likeness (QED) is 0.346. The maximum absolute atomic E-state index is 12.9. The summed E-state index contributed by atoms with van der Waals surface area (Å²) in [5, 5.41) is 22.6. The minimum Gasteiger partial charge on any atom is -0.348 e. The summed E-state index contributed by atoms with van der Waals surface area (Å²) in [7, 11) is 0. The van der Waals surface area contributed by atoms with Gasteiger partial charge in [0.05, 0.1) is 23.0 Å². The zero-order valence-electron chi connectivity index (χ0n) is 20.8. The minimum atomic E-state index is -0.416. The van der Waals surface area contributed by atoms with Gasteiger partial charge in [-0.15, -0.1) is 0 Å². The van der Waals surface area contributed by atoms with Crippen molar-refractivity contribution in [3.8, 4) is 22.9 Å². The van der Waals surface area contributed by atoms with Gasteiger partial charge in [0, 0.05) is 29.3 Å². The van der Waals surface area contributed by atoms with Crippen LogP contribution in [0.4, 0.5) is 16.3 Å². The summed E-state index contributed by atoms with van der Waals surface area (Å²) in [6.45, 7) is 6.65. The van der Waals surface area contributed by atoms with Crippen LogP contribution in [0.5, 0.6) is 0 Å². The van der Waals surface area contributed by atoms with Crippen LogP contribution in [0.1, 0.15) is 48.0 Å². The van der Waals surface area contributed by atoms with E-state index in [1.165, 1.54) is 0 Å². The number of benzene rings is 3. The summed E-state index contributed by atoms with van der Waals surface area (Å²) in [6.07, 6.45) is 0. The van der Waals surface area contributed by atoms with E-state index in [0.717, 1.165) is 22.4 Å². The molecule has 184 valence electrons. The zero-order chi connectivity index (χ0) is 26.2. The molecule has 3 N–H and O–H groups in total. The molecular weight excluding hydrogens is 464 g/mol. The number of nitriles is 1. The number of hydrogen-bond acceptors (Lipinski definition) is 4. The first-order valence-corrected chi connectivity index (χ1v) is 11.9. The third kappa shape index (κ3) is 4.80. The second kappa shape index (κ2) is 9.28. The maximum Gasteiger partial charge on any atom is 0.324 e. The number of hydrogen-bond donors (Lipinski definition) is 3. The second-order valence-electron chi connectivity index (χ2n) is 9.91. The lowest BCUT2D eigenvalue weighted by Gasteiger charge is -2.14. The Morgan fingerprint density at radius 3 is 2.46 bits per heavy atom. The first-order valence-electron chi connectivity index (χ1n) is 11.9. The van der Waals surface area contributed by atoms with E-state index in [2.05, 4.69) is 22.0 Å². The Bertz CT molecular complexity index is 1550. The summed E-state index contributed by atoms with van der Waals surface area (Å²) in [5.74, 6) is 0.436. The van der Waals surface area contributed by atoms with E-state index < -0.39 is 6.03 Å². The molecule has 3 amide bonds. The smallest absolute Gasteiger partial charge is 0.324 e. The SMILES string of the molecule is CC(C)(C)c1cc(NC(=O)Nc2ccc(-c3cccc4c3CNC4=O)cc2)n(-c2cccc(C#N)c2)n1. The van der Waals surface area contributed by atoms with E-state index in [9.17, 15) is 14.9 Å². The molecule has 0 saturated carbocycles. The van der Waals surface area contributed by atoms with Gasteiger partial charge >= 0.3 is 6.03 Å². The fourth-order valence-electron chi connectivity index (χ4n) is 4.28. The van der Waals surface area contributed by atoms with Gasteiger partial charge in [0.2, 0.25) is 0 Å². The van der Waals surface area contributed by atoms with E-state index in [1.807, 2.05) is 75.4 Å². The molecule has 2 heterocycles. The largest absolute Gasteiger partial charge is 0.348 e. The number of carbonyl (C=O) groups excluding carboxylic acids is 2. The van der Waals surface area contributed by atoms with Crippen LogP contribution in [0.3, 0.4) is 0 Å². The maximum atomic E-state index is 12.9. The Morgan fingerprint density at radius 1 is 1.00 bits per heavy atom. The summed E-state index contributed by atoms with van der Waals surface area (Å²) < 4.78 is 1.63. The summed E-state index contributed by atoms with van der Waals surface area (Å²) in [4.78, 5) is 24.9. The first kappa shape index (κ1) is 23.8. The molecule has 1 aromatic heterocycles. The van der Waals surface area contributed by atoms with E-state index in [1.54, 1.807) is 22.9 Å². The molecule has 1 aliphatic heterocycles. The van der Waals surface area contributed by atoms with Gasteiger partial charge in [-0.05, 0) is 53.1 Å². The highest BCUT2D eigenvalue weighted by atomic mass is 16.2. The molecule has 0 atom stereocenters. The molecule has 4 aromatic rings. The van der Waals surface area contributed by atoms with Crippen molar-refractivity contribution in [2.24, 2.45) is 0 Å². The van der Waals surface area contributed by atoms with Gasteiger partial charge in [0.25, 0.3) is 5.91 Å². The Balaban J connectivity index is 1.36. The fourth-order valence-corrected chi connectivity index (χ4v) is 4.28. The number of fused-ring (bicyclic) bond motifs is 1. The highest BCUT2D eigenvalue weighted by Gasteiger charge is 2.23. The average Bonchev–Trinajstić information content (AvgIpc) is 3.48. The first-order chi connectivity index (χ1) is 17.7. The monoisotopic (exact) mass is 490 g/mol. The minimum absolute atomic E-state index is 0.0555. The summed E-state index contributed by atoms with van der Waals surface area (Å²) in [5.41, 5.74) is 6.00. The van der Waals surface area contributed by atoms with Crippen LogP contribution in [0.15, 0.2) is 72.8 Å². The lowest BCUT2D eigenvalue weighted by atomic mass is 9.92. The molecule has 3 aromatic carbocycles. The van der Waals surface area contributed by atoms with Crippen LogP contribution in [0.25, 0.3) is 16.8 Å². The molecule has 37 heavy (non-hydrogen) atoms. The third-order valence-corrected chi connectivity index (χ3v) is 6.24. The Hall–Kier alpha value is -4.90. The van der Waals surface area contributed by atoms with Crippen LogP contribution in [0.2, 0.25) is 0 Å². The highest BCUT2D eigenvalue weighted by Crippen LogP contribution is 2.30. The van der Waals surface area contributed by atoms with Crippen molar-refractivity contribution in [3.05, 3.63) is 95.2 Å². The van der Waals surface area contributed by atoms with Crippen molar-refractivity contribution in [2.45, 2.75) is 32.7 Å². The van der Waals surface area contributed by atoms with Gasteiger partial charge in [-0.3, -0.25) is 10.1 Å². The van der Waals surface area contributed by atoms with Crippen LogP contribution < -0.4 is 16.0 Å². The molecule has 0 radical (unpaired) electrons. The van der Waals surface area contributed by atoms with E-state index in [0.29, 0.717) is 34.9 Å². The number of carbonyl (C=O) groups is 2. The molecule has 0 saturated heterocycles. The van der Waals surface area contributed by atoms with Crippen LogP contribution in [-0.2, 0) is 12.0 Å². The van der Waals surface area contributed by atoms with Crippen LogP contribution in [-0.4, -0.2) is 21.7 Å². The lowest BCUT2D eigenvalue weighted by molar-refractivity contribution is 0.0965. The Morgan fingerprint density at radius 2 is 1.73 bits per heavy atom. The average molecular weight is 491 g/mol. The molecule has 1 aliphatic rings. The molecule has 0 bridgehead atoms. The standard InChI is InChI=1S/C29H26N6O2/c1-29(2,3)25-15-26(35(34-25)21-7-4-6-18(14-21)16-30)33-28(37)32-20-12-10-19(11-13-20)22-8-5-9-23-24(22)17-31-27(23)36/h4-15H,17H2,1-3H3,(H,31,36)(H2,32,33,37). The van der Waals surface area contributed by atoms with Crippen molar-refractivity contribution < 1.29 is 9.59 Å². The normalized spacial score (nSPS) is 12.4. The van der Waals surface area contributed by atoms with Crippen LogP contribution >= 0.6 is 0 Å². The van der Waals surface area contributed by atoms with Gasteiger partial charge in [-0.1, -0.05) is 51.1 Å². The van der Waals surface area contributed by atoms with Gasteiger partial charge in [-0.25, -0.2) is 9.48 Å². The topological polar surface area (TPSA) is 112 Å². The van der Waals surface area contributed by atoms with Crippen molar-refractivity contribution in [3.63, 3.8) is 0 Å². The molecule has 0 fully saturated rings. The number of amides is 3.